The van der Waals surface area contributed by atoms with E-state index in [2.05, 4.69) is 5.32 Å². The van der Waals surface area contributed by atoms with Crippen LogP contribution in [0.25, 0.3) is 0 Å². The molecule has 0 fully saturated rings. The van der Waals surface area contributed by atoms with Gasteiger partial charge in [0.15, 0.2) is 0 Å². The molecule has 0 saturated carbocycles. The number of rotatable bonds is 3. The highest BCUT2D eigenvalue weighted by molar-refractivity contribution is 6.35. The van der Waals surface area contributed by atoms with Crippen LogP contribution in [0.1, 0.15) is 10.4 Å². The van der Waals surface area contributed by atoms with Gasteiger partial charge < -0.3 is 10.1 Å². The van der Waals surface area contributed by atoms with Crippen molar-refractivity contribution in [1.29, 1.82) is 0 Å². The number of benzene rings is 2. The lowest BCUT2D eigenvalue weighted by Gasteiger charge is -2.09. The lowest BCUT2D eigenvalue weighted by Crippen LogP contribution is -2.12. The van der Waals surface area contributed by atoms with Gasteiger partial charge in [0.05, 0.1) is 17.7 Å². The lowest BCUT2D eigenvalue weighted by molar-refractivity contribution is 0.102. The number of hydrogen-bond donors (Lipinski definition) is 1. The summed E-state index contributed by atoms with van der Waals surface area (Å²) in [6.45, 7) is 0. The van der Waals surface area contributed by atoms with E-state index in [0.717, 1.165) is 5.69 Å². The zero-order chi connectivity index (χ0) is 13.0. The van der Waals surface area contributed by atoms with Gasteiger partial charge in [0.2, 0.25) is 0 Å². The lowest BCUT2D eigenvalue weighted by atomic mass is 10.2. The van der Waals surface area contributed by atoms with Crippen molar-refractivity contribution in [2.75, 3.05) is 12.4 Å². The van der Waals surface area contributed by atoms with Gasteiger partial charge in [-0.2, -0.15) is 0 Å². The fourth-order valence-corrected chi connectivity index (χ4v) is 1.85. The van der Waals surface area contributed by atoms with E-state index in [0.29, 0.717) is 16.3 Å². The topological polar surface area (TPSA) is 38.3 Å². The van der Waals surface area contributed by atoms with Crippen LogP contribution in [0.5, 0.6) is 5.75 Å². The van der Waals surface area contributed by atoms with Gasteiger partial charge in [-0.15, -0.1) is 0 Å². The number of anilines is 1. The zero-order valence-corrected chi connectivity index (χ0v) is 10.6. The molecule has 0 aromatic heterocycles. The zero-order valence-electron chi connectivity index (χ0n) is 9.81. The quantitative estimate of drug-likeness (QED) is 0.917. The Labute approximate surface area is 110 Å². The molecule has 0 bridgehead atoms. The molecule has 18 heavy (non-hydrogen) atoms. The SMILES string of the molecule is COc1cccc(C(=O)Nc2ccccc2)c1Cl. The predicted octanol–water partition coefficient (Wildman–Crippen LogP) is 3.60. The number of halogens is 1. The van der Waals surface area contributed by atoms with E-state index in [4.69, 9.17) is 16.3 Å². The van der Waals surface area contributed by atoms with Crippen LogP contribution in [0.2, 0.25) is 5.02 Å². The van der Waals surface area contributed by atoms with E-state index in [1.54, 1.807) is 18.2 Å². The highest BCUT2D eigenvalue weighted by atomic mass is 35.5. The van der Waals surface area contributed by atoms with Crippen LogP contribution in [0.3, 0.4) is 0 Å². The maximum atomic E-state index is 12.1. The van der Waals surface area contributed by atoms with E-state index in [9.17, 15) is 4.79 Å². The van der Waals surface area contributed by atoms with Crippen LogP contribution in [0.4, 0.5) is 5.69 Å². The first-order chi connectivity index (χ1) is 8.72. The largest absolute Gasteiger partial charge is 0.495 e. The number of methoxy groups -OCH3 is 1. The van der Waals surface area contributed by atoms with Gasteiger partial charge in [-0.25, -0.2) is 0 Å². The molecule has 0 spiro atoms. The highest BCUT2D eigenvalue weighted by Gasteiger charge is 2.13. The van der Waals surface area contributed by atoms with Crippen LogP contribution in [0.15, 0.2) is 48.5 Å². The molecule has 0 aliphatic heterocycles. The Balaban J connectivity index is 2.24. The minimum Gasteiger partial charge on any atom is -0.495 e. The molecule has 2 rings (SSSR count). The summed E-state index contributed by atoms with van der Waals surface area (Å²) in [7, 11) is 1.51. The average Bonchev–Trinajstić information content (AvgIpc) is 2.40. The number of hydrogen-bond acceptors (Lipinski definition) is 2. The highest BCUT2D eigenvalue weighted by Crippen LogP contribution is 2.28. The second kappa shape index (κ2) is 5.56. The fourth-order valence-electron chi connectivity index (χ4n) is 1.56. The Morgan fingerprint density at radius 1 is 1.11 bits per heavy atom. The second-order valence-electron chi connectivity index (χ2n) is 3.64. The van der Waals surface area contributed by atoms with E-state index in [1.165, 1.54) is 7.11 Å². The van der Waals surface area contributed by atoms with Gasteiger partial charge in [0.25, 0.3) is 5.91 Å². The van der Waals surface area contributed by atoms with Crippen LogP contribution in [0, 0.1) is 0 Å². The van der Waals surface area contributed by atoms with Gasteiger partial charge in [-0.1, -0.05) is 35.9 Å². The molecule has 0 radical (unpaired) electrons. The molecule has 1 N–H and O–H groups in total. The van der Waals surface area contributed by atoms with Gasteiger partial charge in [-0.3, -0.25) is 4.79 Å². The summed E-state index contributed by atoms with van der Waals surface area (Å²) in [6, 6.07) is 14.3. The third-order valence-electron chi connectivity index (χ3n) is 2.46. The Hall–Kier alpha value is -2.00. The van der Waals surface area contributed by atoms with E-state index in [-0.39, 0.29) is 5.91 Å². The third kappa shape index (κ3) is 2.63. The molecule has 2 aromatic carbocycles. The van der Waals surface area contributed by atoms with E-state index >= 15 is 0 Å². The number of ether oxygens (including phenoxy) is 1. The van der Waals surface area contributed by atoms with E-state index < -0.39 is 0 Å². The average molecular weight is 262 g/mol. The van der Waals surface area contributed by atoms with E-state index in [1.807, 2.05) is 30.3 Å². The summed E-state index contributed by atoms with van der Waals surface area (Å²) in [6.07, 6.45) is 0. The molecule has 0 heterocycles. The van der Waals surface area contributed by atoms with Crippen molar-refractivity contribution in [3.8, 4) is 5.75 Å². The summed E-state index contributed by atoms with van der Waals surface area (Å²) in [5, 5.41) is 3.08. The normalized spacial score (nSPS) is 9.89. The molecule has 0 saturated heterocycles. The van der Waals surface area contributed by atoms with Crippen molar-refractivity contribution in [3.05, 3.63) is 59.1 Å². The molecular formula is C14H12ClNO2. The number of amides is 1. The Bertz CT molecular complexity index is 555. The van der Waals surface area contributed by atoms with Crippen molar-refractivity contribution >= 4 is 23.2 Å². The standard InChI is InChI=1S/C14H12ClNO2/c1-18-12-9-5-8-11(13(12)15)14(17)16-10-6-3-2-4-7-10/h2-9H,1H3,(H,16,17). The van der Waals surface area contributed by atoms with Crippen molar-refractivity contribution < 1.29 is 9.53 Å². The molecule has 0 atom stereocenters. The monoisotopic (exact) mass is 261 g/mol. The van der Waals surface area contributed by atoms with Crippen molar-refractivity contribution in [2.24, 2.45) is 0 Å². The van der Waals surface area contributed by atoms with Gasteiger partial charge in [0, 0.05) is 5.69 Å². The molecule has 3 nitrogen and oxygen atoms in total. The molecule has 0 unspecified atom stereocenters. The van der Waals surface area contributed by atoms with Crippen LogP contribution >= 0.6 is 11.6 Å². The minimum atomic E-state index is -0.259. The minimum absolute atomic E-state index is 0.259. The maximum absolute atomic E-state index is 12.1. The number of carbonyl (C=O) groups is 1. The number of para-hydroxylation sites is 1. The van der Waals surface area contributed by atoms with Crippen LogP contribution in [-0.4, -0.2) is 13.0 Å². The summed E-state index contributed by atoms with van der Waals surface area (Å²) in [4.78, 5) is 12.1. The van der Waals surface area contributed by atoms with Crippen molar-refractivity contribution in [3.63, 3.8) is 0 Å². The fraction of sp³-hybridized carbons (Fsp3) is 0.0714. The third-order valence-corrected chi connectivity index (χ3v) is 2.85. The van der Waals surface area contributed by atoms with Crippen molar-refractivity contribution in [2.45, 2.75) is 0 Å². The molecule has 1 amide bonds. The molecule has 0 aliphatic rings. The Morgan fingerprint density at radius 2 is 1.83 bits per heavy atom. The first kappa shape index (κ1) is 12.5. The number of nitrogens with one attached hydrogen (secondary N) is 1. The number of carbonyl (C=O) groups excluding carboxylic acids is 1. The predicted molar refractivity (Wildman–Crippen MR) is 72.4 cm³/mol. The Morgan fingerprint density at radius 3 is 2.50 bits per heavy atom. The molecule has 0 aliphatic carbocycles. The first-order valence-electron chi connectivity index (χ1n) is 5.41. The van der Waals surface area contributed by atoms with Gasteiger partial charge in [0.1, 0.15) is 5.75 Å². The molecular weight excluding hydrogens is 250 g/mol. The summed E-state index contributed by atoms with van der Waals surface area (Å²) < 4.78 is 5.07. The van der Waals surface area contributed by atoms with Gasteiger partial charge >= 0.3 is 0 Å². The second-order valence-corrected chi connectivity index (χ2v) is 4.02. The summed E-state index contributed by atoms with van der Waals surface area (Å²) >= 11 is 6.08. The summed E-state index contributed by atoms with van der Waals surface area (Å²) in [5.74, 6) is 0.225. The molecule has 4 heteroatoms. The van der Waals surface area contributed by atoms with Crippen molar-refractivity contribution in [1.82, 2.24) is 0 Å². The molecule has 2 aromatic rings. The Kier molecular flexibility index (Phi) is 3.85. The van der Waals surface area contributed by atoms with Crippen LogP contribution < -0.4 is 10.1 Å². The molecule has 92 valence electrons. The van der Waals surface area contributed by atoms with Crippen LogP contribution in [-0.2, 0) is 0 Å². The van der Waals surface area contributed by atoms with Gasteiger partial charge in [-0.05, 0) is 24.3 Å². The first-order valence-corrected chi connectivity index (χ1v) is 5.79. The smallest absolute Gasteiger partial charge is 0.257 e. The maximum Gasteiger partial charge on any atom is 0.257 e. The summed E-state index contributed by atoms with van der Waals surface area (Å²) in [5.41, 5.74) is 1.11.